The van der Waals surface area contributed by atoms with Gasteiger partial charge in [-0.2, -0.15) is 5.26 Å². The highest BCUT2D eigenvalue weighted by Gasteiger charge is 2.22. The molecule has 4 rings (SSSR count). The molecule has 2 unspecified atom stereocenters. The number of amides is 1. The number of oxazole rings is 1. The third kappa shape index (κ3) is 4.90. The van der Waals surface area contributed by atoms with Crippen LogP contribution in [-0.4, -0.2) is 42.3 Å². The van der Waals surface area contributed by atoms with E-state index in [1.165, 1.54) is 4.57 Å². The van der Waals surface area contributed by atoms with E-state index in [-0.39, 0.29) is 5.91 Å². The normalized spacial score (nSPS) is 17.8. The maximum atomic E-state index is 12.6. The van der Waals surface area contributed by atoms with Gasteiger partial charge in [0.15, 0.2) is 5.58 Å². The topological polar surface area (TPSA) is 109 Å². The molecule has 8 nitrogen and oxygen atoms in total. The quantitative estimate of drug-likeness (QED) is 0.637. The van der Waals surface area contributed by atoms with Crippen LogP contribution in [-0.2, 0) is 23.0 Å². The van der Waals surface area contributed by atoms with Crippen LogP contribution in [0.1, 0.15) is 18.4 Å². The number of benzene rings is 2. The number of aromatic nitrogens is 1. The van der Waals surface area contributed by atoms with Gasteiger partial charge in [0.05, 0.1) is 18.2 Å². The van der Waals surface area contributed by atoms with Crippen LogP contribution < -0.4 is 16.4 Å². The number of aryl methyl sites for hydroxylation is 1. The van der Waals surface area contributed by atoms with Gasteiger partial charge in [0.2, 0.25) is 5.91 Å². The molecule has 3 aromatic rings. The van der Waals surface area contributed by atoms with Crippen molar-refractivity contribution in [1.82, 2.24) is 15.2 Å². The Morgan fingerprint density at radius 2 is 2.03 bits per heavy atom. The van der Waals surface area contributed by atoms with Crippen LogP contribution in [0.2, 0.25) is 0 Å². The summed E-state index contributed by atoms with van der Waals surface area (Å²) in [5.74, 6) is -0.604. The predicted molar refractivity (Wildman–Crippen MR) is 120 cm³/mol. The second-order valence-electron chi connectivity index (χ2n) is 7.99. The minimum absolute atomic E-state index is 0.214. The first-order valence-corrected chi connectivity index (χ1v) is 10.7. The van der Waals surface area contributed by atoms with E-state index in [2.05, 4.69) is 16.7 Å². The standard InChI is InChI=1S/C24H26N4O4/c1-28-21-13-18(8-9-22(21)32-24(28)30)17-6-4-16(5-7-17)12-19(14-25)27-23(29)20-15-31-11-3-2-10-26-20/h4-9,13,19-20,26H,2-3,10-12,15H2,1H3,(H,27,29). The van der Waals surface area contributed by atoms with Crippen LogP contribution >= 0.6 is 0 Å². The monoisotopic (exact) mass is 434 g/mol. The Kier molecular flexibility index (Phi) is 6.69. The Morgan fingerprint density at radius 1 is 1.25 bits per heavy atom. The van der Waals surface area contributed by atoms with E-state index in [1.54, 1.807) is 13.1 Å². The lowest BCUT2D eigenvalue weighted by Gasteiger charge is -2.22. The van der Waals surface area contributed by atoms with Crippen molar-refractivity contribution in [3.63, 3.8) is 0 Å². The number of nitrogens with one attached hydrogen (secondary N) is 2. The zero-order valence-corrected chi connectivity index (χ0v) is 18.0. The minimum Gasteiger partial charge on any atom is -0.408 e. The average molecular weight is 434 g/mol. The number of rotatable bonds is 5. The van der Waals surface area contributed by atoms with E-state index in [0.29, 0.717) is 25.2 Å². The van der Waals surface area contributed by atoms with Crippen LogP contribution in [0.25, 0.3) is 22.2 Å². The Morgan fingerprint density at radius 3 is 2.81 bits per heavy atom. The van der Waals surface area contributed by atoms with Crippen molar-refractivity contribution in [3.05, 3.63) is 58.6 Å². The van der Waals surface area contributed by atoms with Crippen LogP contribution in [0.5, 0.6) is 0 Å². The molecule has 2 aromatic carbocycles. The lowest BCUT2D eigenvalue weighted by Crippen LogP contribution is -2.51. The van der Waals surface area contributed by atoms with Gasteiger partial charge in [0, 0.05) is 20.1 Å². The summed E-state index contributed by atoms with van der Waals surface area (Å²) in [6, 6.07) is 14.5. The number of hydrogen-bond donors (Lipinski definition) is 2. The molecule has 2 heterocycles. The first-order chi connectivity index (χ1) is 15.5. The summed E-state index contributed by atoms with van der Waals surface area (Å²) in [5, 5.41) is 15.5. The van der Waals surface area contributed by atoms with Crippen molar-refractivity contribution in [3.8, 4) is 17.2 Å². The average Bonchev–Trinajstić information content (AvgIpc) is 3.06. The molecule has 0 spiro atoms. The Hall–Kier alpha value is -3.41. The number of carbonyl (C=O) groups is 1. The number of nitrogens with zero attached hydrogens (tertiary/aromatic N) is 2. The summed E-state index contributed by atoms with van der Waals surface area (Å²) in [6.07, 6.45) is 2.35. The largest absolute Gasteiger partial charge is 0.419 e. The number of carbonyl (C=O) groups excluding carboxylic acids is 1. The van der Waals surface area contributed by atoms with E-state index in [4.69, 9.17) is 9.15 Å². The highest BCUT2D eigenvalue weighted by atomic mass is 16.5. The lowest BCUT2D eigenvalue weighted by molar-refractivity contribution is -0.125. The summed E-state index contributed by atoms with van der Waals surface area (Å²) in [4.78, 5) is 24.3. The third-order valence-electron chi connectivity index (χ3n) is 5.70. The van der Waals surface area contributed by atoms with Gasteiger partial charge < -0.3 is 19.8 Å². The van der Waals surface area contributed by atoms with Crippen LogP contribution in [0, 0.1) is 11.3 Å². The molecule has 32 heavy (non-hydrogen) atoms. The molecule has 1 aliphatic heterocycles. The van der Waals surface area contributed by atoms with Crippen molar-refractivity contribution in [1.29, 1.82) is 5.26 Å². The molecule has 1 aliphatic rings. The highest BCUT2D eigenvalue weighted by molar-refractivity contribution is 5.82. The van der Waals surface area contributed by atoms with Crippen LogP contribution in [0.3, 0.4) is 0 Å². The summed E-state index contributed by atoms with van der Waals surface area (Å²) >= 11 is 0. The number of ether oxygens (including phenoxy) is 1. The molecule has 2 N–H and O–H groups in total. The molecular weight excluding hydrogens is 408 g/mol. The number of nitriles is 1. The van der Waals surface area contributed by atoms with Gasteiger partial charge in [0.1, 0.15) is 12.1 Å². The van der Waals surface area contributed by atoms with Crippen molar-refractivity contribution in [2.45, 2.75) is 31.3 Å². The van der Waals surface area contributed by atoms with Crippen LogP contribution in [0.4, 0.5) is 0 Å². The Balaban J connectivity index is 1.42. The summed E-state index contributed by atoms with van der Waals surface area (Å²) in [6.45, 7) is 1.73. The molecule has 0 radical (unpaired) electrons. The molecular formula is C24H26N4O4. The van der Waals surface area contributed by atoms with Crippen molar-refractivity contribution >= 4 is 17.0 Å². The zero-order chi connectivity index (χ0) is 22.5. The maximum absolute atomic E-state index is 12.6. The Labute approximate surface area is 185 Å². The molecule has 1 fully saturated rings. The van der Waals surface area contributed by atoms with Gasteiger partial charge in [-0.15, -0.1) is 0 Å². The summed E-state index contributed by atoms with van der Waals surface area (Å²) in [7, 11) is 1.68. The maximum Gasteiger partial charge on any atom is 0.419 e. The SMILES string of the molecule is Cn1c(=O)oc2ccc(-c3ccc(CC(C#N)NC(=O)C4COCCCCN4)cc3)cc21. The second-order valence-corrected chi connectivity index (χ2v) is 7.99. The highest BCUT2D eigenvalue weighted by Crippen LogP contribution is 2.24. The van der Waals surface area contributed by atoms with Gasteiger partial charge in [0.25, 0.3) is 0 Å². The second kappa shape index (κ2) is 9.81. The molecule has 0 aliphatic carbocycles. The molecule has 1 amide bonds. The molecule has 166 valence electrons. The first-order valence-electron chi connectivity index (χ1n) is 10.7. The van der Waals surface area contributed by atoms with E-state index in [1.807, 2.05) is 36.4 Å². The fourth-order valence-electron chi connectivity index (χ4n) is 3.81. The lowest BCUT2D eigenvalue weighted by atomic mass is 10.0. The van der Waals surface area contributed by atoms with Crippen molar-refractivity contribution in [2.24, 2.45) is 7.05 Å². The third-order valence-corrected chi connectivity index (χ3v) is 5.70. The fourth-order valence-corrected chi connectivity index (χ4v) is 3.81. The van der Waals surface area contributed by atoms with Crippen LogP contribution in [0.15, 0.2) is 51.7 Å². The first kappa shape index (κ1) is 21.8. The van der Waals surface area contributed by atoms with Crippen molar-refractivity contribution < 1.29 is 13.9 Å². The van der Waals surface area contributed by atoms with Gasteiger partial charge in [-0.05, 0) is 48.2 Å². The fraction of sp³-hybridized carbons (Fsp3) is 0.375. The van der Waals surface area contributed by atoms with Gasteiger partial charge in [-0.25, -0.2) is 4.79 Å². The molecule has 8 heteroatoms. The van der Waals surface area contributed by atoms with E-state index in [0.717, 1.165) is 41.6 Å². The van der Waals surface area contributed by atoms with Gasteiger partial charge in [-0.1, -0.05) is 30.3 Å². The summed E-state index contributed by atoms with van der Waals surface area (Å²) in [5.41, 5.74) is 4.17. The van der Waals surface area contributed by atoms with Gasteiger partial charge in [-0.3, -0.25) is 9.36 Å². The number of hydrogen-bond acceptors (Lipinski definition) is 6. The molecule has 0 saturated carbocycles. The van der Waals surface area contributed by atoms with E-state index < -0.39 is 17.8 Å². The number of fused-ring (bicyclic) bond motifs is 1. The van der Waals surface area contributed by atoms with Gasteiger partial charge >= 0.3 is 5.76 Å². The molecule has 0 bridgehead atoms. The smallest absolute Gasteiger partial charge is 0.408 e. The van der Waals surface area contributed by atoms with E-state index in [9.17, 15) is 14.9 Å². The minimum atomic E-state index is -0.627. The van der Waals surface area contributed by atoms with Crippen molar-refractivity contribution in [2.75, 3.05) is 19.8 Å². The molecule has 2 atom stereocenters. The van der Waals surface area contributed by atoms with E-state index >= 15 is 0 Å². The molecule has 1 aromatic heterocycles. The summed E-state index contributed by atoms with van der Waals surface area (Å²) < 4.78 is 12.2. The predicted octanol–water partition coefficient (Wildman–Crippen LogP) is 2.12. The molecule has 1 saturated heterocycles. The zero-order valence-electron chi connectivity index (χ0n) is 18.0. The Bertz CT molecular complexity index is 1180.